The summed E-state index contributed by atoms with van der Waals surface area (Å²) in [4.78, 5) is 23.6. The molecule has 1 rings (SSSR count). The Labute approximate surface area is 221 Å². The molecule has 7 heteroatoms. The molecule has 0 saturated heterocycles. The molecule has 0 aliphatic carbocycles. The minimum absolute atomic E-state index is 0.192. The number of benzene rings is 1. The number of rotatable bonds is 22. The average Bonchev–Trinajstić information content (AvgIpc) is 2.82. The van der Waals surface area contributed by atoms with E-state index in [9.17, 15) is 14.3 Å². The van der Waals surface area contributed by atoms with Gasteiger partial charge in [0.2, 0.25) is 0 Å². The molecule has 1 N–H and O–H groups in total. The number of hydrogen-bond donors (Lipinski definition) is 1. The van der Waals surface area contributed by atoms with E-state index in [1.54, 1.807) is 6.92 Å². The van der Waals surface area contributed by atoms with E-state index in [2.05, 4.69) is 26.2 Å². The van der Waals surface area contributed by atoms with Gasteiger partial charge in [0.05, 0.1) is 40.8 Å². The third-order valence-corrected chi connectivity index (χ3v) is 7.96. The topological polar surface area (TPSA) is 78.5 Å². The van der Waals surface area contributed by atoms with Crippen LogP contribution in [0.3, 0.4) is 0 Å². The van der Waals surface area contributed by atoms with Crippen molar-refractivity contribution in [1.82, 2.24) is 5.09 Å². The van der Waals surface area contributed by atoms with Crippen LogP contribution in [0.1, 0.15) is 113 Å². The normalized spacial score (nSPS) is 13.5. The molecule has 1 atom stereocenters. The Hall–Kier alpha value is -1.20. The summed E-state index contributed by atoms with van der Waals surface area (Å²) >= 11 is 0. The SMILES string of the molecule is CCP(=O)([O-])NCCCCCCCCCCCCCCCCOC(=O)c1ccc(C[N+](C)(C)C)cc1. The maximum Gasteiger partial charge on any atom is 0.338 e. The first kappa shape index (κ1) is 32.8. The number of hydrogen-bond acceptors (Lipinski definition) is 4. The van der Waals surface area contributed by atoms with Crippen LogP contribution in [0.15, 0.2) is 24.3 Å². The second-order valence-corrected chi connectivity index (χ2v) is 13.4. The molecule has 0 aliphatic rings. The summed E-state index contributed by atoms with van der Waals surface area (Å²) in [6.45, 7) is 3.71. The predicted molar refractivity (Wildman–Crippen MR) is 149 cm³/mol. The monoisotopic (exact) mass is 524 g/mol. The molecule has 208 valence electrons. The molecular weight excluding hydrogens is 471 g/mol. The van der Waals surface area contributed by atoms with Gasteiger partial charge in [0.25, 0.3) is 0 Å². The van der Waals surface area contributed by atoms with Crippen molar-refractivity contribution in [2.75, 3.05) is 40.5 Å². The fourth-order valence-electron chi connectivity index (χ4n) is 4.25. The van der Waals surface area contributed by atoms with Gasteiger partial charge in [0.1, 0.15) is 6.54 Å². The first-order valence-electron chi connectivity index (χ1n) is 14.2. The summed E-state index contributed by atoms with van der Waals surface area (Å²) in [6, 6.07) is 7.78. The molecule has 0 aromatic heterocycles. The Morgan fingerprint density at radius 2 is 1.25 bits per heavy atom. The highest BCUT2D eigenvalue weighted by molar-refractivity contribution is 7.54. The standard InChI is InChI=1S/C29H53N2O4P/c1-5-36(33,34)30-24-18-16-14-12-10-8-6-7-9-11-13-15-17-19-25-35-29(32)28-22-20-27(21-23-28)26-31(2,3)4/h20-23H,5-19,24-26H2,1-4H3,(H-,30,33,34). The fraction of sp³-hybridized carbons (Fsp3) is 0.759. The molecule has 0 spiro atoms. The summed E-state index contributed by atoms with van der Waals surface area (Å²) in [7, 11) is 3.16. The molecule has 0 heterocycles. The van der Waals surface area contributed by atoms with Crippen molar-refractivity contribution in [3.05, 3.63) is 35.4 Å². The fourth-order valence-corrected chi connectivity index (χ4v) is 4.97. The summed E-state index contributed by atoms with van der Waals surface area (Å²) in [5.41, 5.74) is 1.86. The van der Waals surface area contributed by atoms with E-state index in [1.807, 2.05) is 24.3 Å². The van der Waals surface area contributed by atoms with Gasteiger partial charge < -0.3 is 18.7 Å². The van der Waals surface area contributed by atoms with Crippen LogP contribution in [0.5, 0.6) is 0 Å². The maximum atomic E-state index is 12.2. The smallest absolute Gasteiger partial charge is 0.338 e. The van der Waals surface area contributed by atoms with E-state index in [0.29, 0.717) is 18.7 Å². The zero-order valence-electron chi connectivity index (χ0n) is 23.6. The molecule has 1 unspecified atom stereocenters. The van der Waals surface area contributed by atoms with Gasteiger partial charge in [0.15, 0.2) is 0 Å². The Balaban J connectivity index is 1.87. The number of nitrogens with zero attached hydrogens (tertiary/aromatic N) is 1. The minimum atomic E-state index is -3.30. The predicted octanol–water partition coefficient (Wildman–Crippen LogP) is 6.67. The van der Waals surface area contributed by atoms with Gasteiger partial charge in [0, 0.05) is 12.1 Å². The van der Waals surface area contributed by atoms with E-state index in [0.717, 1.165) is 36.7 Å². The summed E-state index contributed by atoms with van der Waals surface area (Å²) < 4.78 is 17.7. The number of carbonyl (C=O) groups excluding carboxylic acids is 1. The molecule has 1 aromatic carbocycles. The van der Waals surface area contributed by atoms with Gasteiger partial charge >= 0.3 is 5.97 Å². The van der Waals surface area contributed by atoms with Gasteiger partial charge in [-0.15, -0.1) is 0 Å². The van der Waals surface area contributed by atoms with Crippen LogP contribution in [-0.2, 0) is 15.8 Å². The summed E-state index contributed by atoms with van der Waals surface area (Å²) in [6.07, 6.45) is 17.1. The molecule has 6 nitrogen and oxygen atoms in total. The molecule has 0 fully saturated rings. The lowest BCUT2D eigenvalue weighted by molar-refractivity contribution is -0.884. The first-order valence-corrected chi connectivity index (χ1v) is 16.1. The number of ether oxygens (including phenoxy) is 1. The van der Waals surface area contributed by atoms with Crippen LogP contribution in [0.2, 0.25) is 0 Å². The first-order chi connectivity index (χ1) is 17.1. The van der Waals surface area contributed by atoms with Crippen LogP contribution in [-0.4, -0.2) is 50.9 Å². The van der Waals surface area contributed by atoms with Crippen LogP contribution >= 0.6 is 7.52 Å². The Kier molecular flexibility index (Phi) is 17.3. The highest BCUT2D eigenvalue weighted by Gasteiger charge is 2.11. The molecule has 0 aliphatic heterocycles. The molecule has 36 heavy (non-hydrogen) atoms. The quantitative estimate of drug-likeness (QED) is 0.0793. The lowest BCUT2D eigenvalue weighted by Crippen LogP contribution is -2.33. The van der Waals surface area contributed by atoms with Crippen molar-refractivity contribution in [1.29, 1.82) is 0 Å². The van der Waals surface area contributed by atoms with Gasteiger partial charge in [-0.05, 0) is 31.1 Å². The number of carbonyl (C=O) groups is 1. The van der Waals surface area contributed by atoms with Gasteiger partial charge in [-0.1, -0.05) is 96.1 Å². The molecule has 0 radical (unpaired) electrons. The van der Waals surface area contributed by atoms with Crippen molar-refractivity contribution < 1.29 is 23.5 Å². The van der Waals surface area contributed by atoms with Crippen molar-refractivity contribution in [3.63, 3.8) is 0 Å². The van der Waals surface area contributed by atoms with Crippen molar-refractivity contribution in [3.8, 4) is 0 Å². The number of unbranched alkanes of at least 4 members (excludes halogenated alkanes) is 13. The Morgan fingerprint density at radius 1 is 0.806 bits per heavy atom. The highest BCUT2D eigenvalue weighted by atomic mass is 31.2. The van der Waals surface area contributed by atoms with E-state index in [4.69, 9.17) is 4.74 Å². The molecule has 0 saturated carbocycles. The zero-order valence-corrected chi connectivity index (χ0v) is 24.5. The third kappa shape index (κ3) is 18.1. The van der Waals surface area contributed by atoms with Crippen molar-refractivity contribution in [2.45, 2.75) is 103 Å². The van der Waals surface area contributed by atoms with Crippen LogP contribution in [0, 0.1) is 0 Å². The second kappa shape index (κ2) is 19.0. The number of nitrogens with one attached hydrogen (secondary N) is 1. The third-order valence-electron chi connectivity index (χ3n) is 6.42. The van der Waals surface area contributed by atoms with Gasteiger partial charge in [-0.2, -0.15) is 0 Å². The average molecular weight is 525 g/mol. The number of quaternary nitrogens is 1. The van der Waals surface area contributed by atoms with Crippen LogP contribution in [0.4, 0.5) is 0 Å². The summed E-state index contributed by atoms with van der Waals surface area (Å²) in [5.74, 6) is -0.216. The Bertz CT molecular complexity index is 747. The largest absolute Gasteiger partial charge is 0.788 e. The minimum Gasteiger partial charge on any atom is -0.788 e. The van der Waals surface area contributed by atoms with Gasteiger partial charge in [-0.25, -0.2) is 4.79 Å². The molecule has 0 amide bonds. The lowest BCUT2D eigenvalue weighted by Gasteiger charge is -2.23. The van der Waals surface area contributed by atoms with E-state index < -0.39 is 7.52 Å². The van der Waals surface area contributed by atoms with E-state index in [1.165, 1.54) is 69.8 Å². The molecule has 1 aromatic rings. The molecule has 0 bridgehead atoms. The highest BCUT2D eigenvalue weighted by Crippen LogP contribution is 2.28. The van der Waals surface area contributed by atoms with Crippen LogP contribution < -0.4 is 9.98 Å². The number of esters is 1. The zero-order chi connectivity index (χ0) is 26.7. The lowest BCUT2D eigenvalue weighted by atomic mass is 10.0. The van der Waals surface area contributed by atoms with Crippen molar-refractivity contribution >= 4 is 13.5 Å². The van der Waals surface area contributed by atoms with E-state index in [-0.39, 0.29) is 12.1 Å². The second-order valence-electron chi connectivity index (χ2n) is 11.1. The van der Waals surface area contributed by atoms with E-state index >= 15 is 0 Å². The summed E-state index contributed by atoms with van der Waals surface area (Å²) in [5, 5.41) is 2.66. The maximum absolute atomic E-state index is 12.2. The Morgan fingerprint density at radius 3 is 1.69 bits per heavy atom. The van der Waals surface area contributed by atoms with Crippen molar-refractivity contribution in [2.24, 2.45) is 0 Å². The van der Waals surface area contributed by atoms with Gasteiger partial charge in [-0.3, -0.25) is 5.09 Å². The molecular formula is C29H53N2O4P. The van der Waals surface area contributed by atoms with Crippen LogP contribution in [0.25, 0.3) is 0 Å².